The predicted molar refractivity (Wildman–Crippen MR) is 62.2 cm³/mol. The molecule has 0 aromatic heterocycles. The van der Waals surface area contributed by atoms with Crippen LogP contribution in [0.2, 0.25) is 0 Å². The number of hydrogen-bond donors (Lipinski definition) is 0. The third-order valence-electron chi connectivity index (χ3n) is 1.86. The summed E-state index contributed by atoms with van der Waals surface area (Å²) in [5.41, 5.74) is 0. The van der Waals surface area contributed by atoms with Crippen LogP contribution in [0.25, 0.3) is 0 Å². The molecule has 3 nitrogen and oxygen atoms in total. The molecule has 0 N–H and O–H groups in total. The van der Waals surface area contributed by atoms with E-state index >= 15 is 0 Å². The molecule has 3 heteroatoms. The summed E-state index contributed by atoms with van der Waals surface area (Å²) in [5, 5.41) is 4.72. The van der Waals surface area contributed by atoms with Crippen molar-refractivity contribution < 1.29 is 4.79 Å². The maximum atomic E-state index is 9.44. The van der Waals surface area contributed by atoms with Crippen LogP contribution >= 0.6 is 0 Å². The van der Waals surface area contributed by atoms with Gasteiger partial charge in [-0.3, -0.25) is 0 Å². The summed E-state index contributed by atoms with van der Waals surface area (Å²) in [5.74, 6) is 0.167. The summed E-state index contributed by atoms with van der Waals surface area (Å²) in [7, 11) is 0. The fourth-order valence-corrected chi connectivity index (χ4v) is 1.25. The summed E-state index contributed by atoms with van der Waals surface area (Å²) in [4.78, 5) is 9.44. The van der Waals surface area contributed by atoms with Crippen molar-refractivity contribution in [2.75, 3.05) is 26.2 Å². The van der Waals surface area contributed by atoms with Crippen LogP contribution in [0.4, 0.5) is 0 Å². The normalized spacial score (nSPS) is 10.0. The average Bonchev–Trinajstić information content (AvgIpc) is 2.13. The van der Waals surface area contributed by atoms with Crippen molar-refractivity contribution >= 4 is 5.78 Å². The first-order valence-corrected chi connectivity index (χ1v) is 5.50. The van der Waals surface area contributed by atoms with E-state index in [4.69, 9.17) is 0 Å². The lowest BCUT2D eigenvalue weighted by atomic mass is 10.5. The molecule has 0 aliphatic heterocycles. The fourth-order valence-electron chi connectivity index (χ4n) is 1.25. The van der Waals surface area contributed by atoms with Crippen LogP contribution in [0.1, 0.15) is 41.5 Å². The predicted octanol–water partition coefficient (Wildman–Crippen LogP) is 2.18. The Kier molecular flexibility index (Phi) is 12.2. The van der Waals surface area contributed by atoms with Gasteiger partial charge in [0.25, 0.3) is 0 Å². The van der Waals surface area contributed by atoms with E-state index in [2.05, 4.69) is 37.7 Å². The number of ketones is 1. The van der Waals surface area contributed by atoms with Gasteiger partial charge in [0, 0.05) is 26.2 Å². The van der Waals surface area contributed by atoms with Gasteiger partial charge in [-0.15, -0.1) is 0 Å². The Balaban J connectivity index is 0. The zero-order valence-electron chi connectivity index (χ0n) is 10.6. The topological polar surface area (TPSA) is 23.6 Å². The number of carbonyl (C=O) groups is 1. The first-order chi connectivity index (χ1) is 6.53. The maximum absolute atomic E-state index is 9.44. The molecule has 86 valence electrons. The van der Waals surface area contributed by atoms with Crippen LogP contribution in [-0.2, 0) is 4.79 Å². The Morgan fingerprint density at radius 3 is 1.00 bits per heavy atom. The van der Waals surface area contributed by atoms with Gasteiger partial charge in [0.05, 0.1) is 0 Å². The Morgan fingerprint density at radius 2 is 0.929 bits per heavy atom. The van der Waals surface area contributed by atoms with E-state index in [0.29, 0.717) is 0 Å². The van der Waals surface area contributed by atoms with Crippen molar-refractivity contribution in [2.45, 2.75) is 41.5 Å². The summed E-state index contributed by atoms with van der Waals surface area (Å²) in [6.07, 6.45) is 0. The van der Waals surface area contributed by atoms with E-state index in [1.807, 2.05) is 0 Å². The number of carbonyl (C=O) groups excluding carboxylic acids is 1. The number of hydrogen-bond acceptors (Lipinski definition) is 3. The van der Waals surface area contributed by atoms with Crippen LogP contribution in [0.15, 0.2) is 0 Å². The number of Topliss-reactive ketones (excluding diaryl/α,β-unsaturated/α-hetero) is 1. The second kappa shape index (κ2) is 10.7. The van der Waals surface area contributed by atoms with Gasteiger partial charge < -0.3 is 4.79 Å². The standard InChI is InChI=1S/C8H20N2.C3H6O/c1-5-9(6-2)10(7-3)8-4;1-3(2)4/h5-8H2,1-4H3;1-2H3. The van der Waals surface area contributed by atoms with Crippen molar-refractivity contribution in [3.63, 3.8) is 0 Å². The van der Waals surface area contributed by atoms with Crippen LogP contribution in [0, 0.1) is 0 Å². The summed E-state index contributed by atoms with van der Waals surface area (Å²) >= 11 is 0. The molecule has 0 spiro atoms. The number of nitrogens with zero attached hydrogens (tertiary/aromatic N) is 2. The van der Waals surface area contributed by atoms with Crippen LogP contribution in [-0.4, -0.2) is 42.0 Å². The molecule has 0 bridgehead atoms. The van der Waals surface area contributed by atoms with Gasteiger partial charge >= 0.3 is 0 Å². The van der Waals surface area contributed by atoms with E-state index in [0.717, 1.165) is 26.2 Å². The fraction of sp³-hybridized carbons (Fsp3) is 0.909. The molecule has 0 fully saturated rings. The number of hydrazine groups is 1. The van der Waals surface area contributed by atoms with Crippen LogP contribution in [0.5, 0.6) is 0 Å². The quantitative estimate of drug-likeness (QED) is 0.638. The van der Waals surface area contributed by atoms with Gasteiger partial charge in [-0.25, -0.2) is 10.0 Å². The molecular formula is C11H26N2O. The smallest absolute Gasteiger partial charge is 0.126 e. The molecule has 0 atom stereocenters. The van der Waals surface area contributed by atoms with Crippen LogP contribution in [0.3, 0.4) is 0 Å². The highest BCUT2D eigenvalue weighted by Gasteiger charge is 2.05. The molecule has 0 unspecified atom stereocenters. The molecule has 0 heterocycles. The van der Waals surface area contributed by atoms with Gasteiger partial charge in [-0.05, 0) is 13.8 Å². The molecule has 0 radical (unpaired) electrons. The van der Waals surface area contributed by atoms with Crippen molar-refractivity contribution in [3.8, 4) is 0 Å². The minimum absolute atomic E-state index is 0.167. The molecule has 0 aromatic rings. The lowest BCUT2D eigenvalue weighted by Gasteiger charge is -2.31. The van der Waals surface area contributed by atoms with Crippen molar-refractivity contribution in [1.82, 2.24) is 10.0 Å². The SMILES string of the molecule is CC(C)=O.CCN(CC)N(CC)CC. The van der Waals surface area contributed by atoms with Gasteiger partial charge in [0.1, 0.15) is 5.78 Å². The molecule has 14 heavy (non-hydrogen) atoms. The Hall–Kier alpha value is -0.410. The van der Waals surface area contributed by atoms with E-state index in [1.54, 1.807) is 0 Å². The molecule has 0 aromatic carbocycles. The van der Waals surface area contributed by atoms with Gasteiger partial charge in [-0.2, -0.15) is 0 Å². The lowest BCUT2D eigenvalue weighted by molar-refractivity contribution is -0.114. The van der Waals surface area contributed by atoms with E-state index in [-0.39, 0.29) is 5.78 Å². The van der Waals surface area contributed by atoms with Gasteiger partial charge in [0.15, 0.2) is 0 Å². The Morgan fingerprint density at radius 1 is 0.786 bits per heavy atom. The second-order valence-corrected chi connectivity index (χ2v) is 3.19. The molecular weight excluding hydrogens is 176 g/mol. The molecule has 0 amide bonds. The average molecular weight is 202 g/mol. The van der Waals surface area contributed by atoms with Crippen molar-refractivity contribution in [2.24, 2.45) is 0 Å². The van der Waals surface area contributed by atoms with E-state index in [9.17, 15) is 4.79 Å². The number of rotatable bonds is 5. The third-order valence-corrected chi connectivity index (χ3v) is 1.86. The monoisotopic (exact) mass is 202 g/mol. The minimum atomic E-state index is 0.167. The highest BCUT2D eigenvalue weighted by Crippen LogP contribution is 1.95. The minimum Gasteiger partial charge on any atom is -0.300 e. The molecule has 0 saturated heterocycles. The zero-order chi connectivity index (χ0) is 11.6. The first kappa shape index (κ1) is 16.0. The zero-order valence-corrected chi connectivity index (χ0v) is 10.6. The third kappa shape index (κ3) is 9.68. The van der Waals surface area contributed by atoms with Crippen LogP contribution < -0.4 is 0 Å². The van der Waals surface area contributed by atoms with Gasteiger partial charge in [-0.1, -0.05) is 27.7 Å². The van der Waals surface area contributed by atoms with E-state index in [1.165, 1.54) is 13.8 Å². The Bertz CT molecular complexity index is 115. The Labute approximate surface area is 89.0 Å². The summed E-state index contributed by atoms with van der Waals surface area (Å²) < 4.78 is 0. The molecule has 0 aliphatic carbocycles. The van der Waals surface area contributed by atoms with Crippen molar-refractivity contribution in [3.05, 3.63) is 0 Å². The first-order valence-electron chi connectivity index (χ1n) is 5.50. The molecule has 0 rings (SSSR count). The molecule has 0 aliphatic rings. The highest BCUT2D eigenvalue weighted by molar-refractivity contribution is 5.72. The van der Waals surface area contributed by atoms with E-state index < -0.39 is 0 Å². The highest BCUT2D eigenvalue weighted by atomic mass is 16.1. The lowest BCUT2D eigenvalue weighted by Crippen LogP contribution is -2.42. The summed E-state index contributed by atoms with van der Waals surface area (Å²) in [6.45, 7) is 16.3. The van der Waals surface area contributed by atoms with Crippen molar-refractivity contribution in [1.29, 1.82) is 0 Å². The second-order valence-electron chi connectivity index (χ2n) is 3.19. The maximum Gasteiger partial charge on any atom is 0.126 e. The molecule has 0 saturated carbocycles. The van der Waals surface area contributed by atoms with Gasteiger partial charge in [0.2, 0.25) is 0 Å². The largest absolute Gasteiger partial charge is 0.300 e. The summed E-state index contributed by atoms with van der Waals surface area (Å²) in [6, 6.07) is 0.